The summed E-state index contributed by atoms with van der Waals surface area (Å²) in [5, 5.41) is 3.84. The summed E-state index contributed by atoms with van der Waals surface area (Å²) < 4.78 is 31.4. The summed E-state index contributed by atoms with van der Waals surface area (Å²) in [4.78, 5) is 28.8. The lowest BCUT2D eigenvalue weighted by Crippen LogP contribution is -2.49. The summed E-state index contributed by atoms with van der Waals surface area (Å²) in [5.74, 6) is 0.759. The van der Waals surface area contributed by atoms with Crippen molar-refractivity contribution in [1.82, 2.24) is 24.2 Å². The molecule has 4 rings (SSSR count). The van der Waals surface area contributed by atoms with Gasteiger partial charge in [0.15, 0.2) is 0 Å². The number of methoxy groups -OCH3 is 1. The van der Waals surface area contributed by atoms with E-state index in [1.54, 1.807) is 18.5 Å². The smallest absolute Gasteiger partial charge is 0.242 e. The summed E-state index contributed by atoms with van der Waals surface area (Å²) in [6.07, 6.45) is 3.41. The molecule has 1 amide bonds. The monoisotopic (exact) mass is 487 g/mol. The number of carbonyl (C=O) groups excluding carboxylic acids is 1. The molecule has 0 unspecified atom stereocenters. The molecule has 2 aromatic heterocycles. The van der Waals surface area contributed by atoms with E-state index in [-0.39, 0.29) is 23.9 Å². The standard InChI is InChI=1S/C22H29N7O4S/c1-27(13-14-33-2)34(31,32)18-5-3-17(4-6-18)26-20(30)15-28-9-11-29(12-10-28)22-19-7-8-23-21(19)24-16-25-22/h3-8,16H,9-15H2,1-2H3,(H,26,30)(H,23,24,25). The number of aromatic nitrogens is 3. The summed E-state index contributed by atoms with van der Waals surface area (Å²) in [6.45, 7) is 3.81. The normalized spacial score (nSPS) is 15.2. The van der Waals surface area contributed by atoms with Crippen molar-refractivity contribution in [3.8, 4) is 0 Å². The second-order valence-electron chi connectivity index (χ2n) is 8.09. The van der Waals surface area contributed by atoms with Crippen LogP contribution in [0, 0.1) is 0 Å². The van der Waals surface area contributed by atoms with E-state index < -0.39 is 10.0 Å². The molecule has 3 aromatic rings. The molecule has 0 atom stereocenters. The third-order valence-corrected chi connectivity index (χ3v) is 7.70. The first kappa shape index (κ1) is 24.1. The van der Waals surface area contributed by atoms with E-state index in [4.69, 9.17) is 4.74 Å². The highest BCUT2D eigenvalue weighted by molar-refractivity contribution is 7.89. The Bertz CT molecular complexity index is 1220. The number of H-pyrrole nitrogens is 1. The molecule has 1 aliphatic heterocycles. The molecule has 1 aliphatic rings. The minimum absolute atomic E-state index is 0.142. The number of aromatic amines is 1. The van der Waals surface area contributed by atoms with Gasteiger partial charge in [0.1, 0.15) is 17.8 Å². The number of sulfonamides is 1. The predicted octanol–water partition coefficient (Wildman–Crippen LogP) is 0.986. The van der Waals surface area contributed by atoms with Crippen LogP contribution in [0.3, 0.4) is 0 Å². The van der Waals surface area contributed by atoms with Crippen LogP contribution in [0.4, 0.5) is 11.5 Å². The molecule has 1 aromatic carbocycles. The highest BCUT2D eigenvalue weighted by Crippen LogP contribution is 2.23. The van der Waals surface area contributed by atoms with Crippen molar-refractivity contribution >= 4 is 38.5 Å². The first-order chi connectivity index (χ1) is 16.4. The first-order valence-electron chi connectivity index (χ1n) is 11.0. The van der Waals surface area contributed by atoms with Gasteiger partial charge >= 0.3 is 0 Å². The number of benzene rings is 1. The number of rotatable bonds is 9. The highest BCUT2D eigenvalue weighted by Gasteiger charge is 2.23. The third kappa shape index (κ3) is 5.36. The first-order valence-corrected chi connectivity index (χ1v) is 12.4. The molecular weight excluding hydrogens is 458 g/mol. The number of fused-ring (bicyclic) bond motifs is 1. The van der Waals surface area contributed by atoms with E-state index in [1.165, 1.54) is 30.6 Å². The Morgan fingerprint density at radius 3 is 2.59 bits per heavy atom. The fourth-order valence-corrected chi connectivity index (χ4v) is 5.02. The van der Waals surface area contributed by atoms with E-state index in [9.17, 15) is 13.2 Å². The van der Waals surface area contributed by atoms with Crippen LogP contribution in [0.25, 0.3) is 11.0 Å². The lowest BCUT2D eigenvalue weighted by atomic mass is 10.2. The van der Waals surface area contributed by atoms with Gasteiger partial charge in [-0.15, -0.1) is 0 Å². The van der Waals surface area contributed by atoms with Crippen LogP contribution in [0.1, 0.15) is 0 Å². The van der Waals surface area contributed by atoms with Crippen molar-refractivity contribution in [2.24, 2.45) is 0 Å². The van der Waals surface area contributed by atoms with Crippen molar-refractivity contribution in [3.63, 3.8) is 0 Å². The van der Waals surface area contributed by atoms with Gasteiger partial charge in [0.2, 0.25) is 15.9 Å². The second kappa shape index (κ2) is 10.5. The van der Waals surface area contributed by atoms with Gasteiger partial charge in [0, 0.05) is 58.8 Å². The molecular formula is C22H29N7O4S. The van der Waals surface area contributed by atoms with Crippen LogP contribution < -0.4 is 10.2 Å². The summed E-state index contributed by atoms with van der Waals surface area (Å²) in [7, 11) is -0.567. The molecule has 0 aliphatic carbocycles. The Morgan fingerprint density at radius 2 is 1.88 bits per heavy atom. The van der Waals surface area contributed by atoms with E-state index in [0.29, 0.717) is 12.3 Å². The number of nitrogens with one attached hydrogen (secondary N) is 2. The van der Waals surface area contributed by atoms with Gasteiger partial charge in [-0.1, -0.05) is 0 Å². The van der Waals surface area contributed by atoms with Crippen LogP contribution in [0.15, 0.2) is 47.8 Å². The predicted molar refractivity (Wildman–Crippen MR) is 129 cm³/mol. The highest BCUT2D eigenvalue weighted by atomic mass is 32.2. The van der Waals surface area contributed by atoms with Crippen LogP contribution in [0.2, 0.25) is 0 Å². The Balaban J connectivity index is 1.28. The largest absolute Gasteiger partial charge is 0.383 e. The average Bonchev–Trinajstić information content (AvgIpc) is 3.32. The fraction of sp³-hybridized carbons (Fsp3) is 0.409. The van der Waals surface area contributed by atoms with Gasteiger partial charge in [-0.05, 0) is 30.3 Å². The zero-order valence-corrected chi connectivity index (χ0v) is 20.1. The Hall–Kier alpha value is -3.06. The van der Waals surface area contributed by atoms with Gasteiger partial charge in [0.25, 0.3) is 0 Å². The number of hydrogen-bond donors (Lipinski definition) is 2. The number of amides is 1. The number of carbonyl (C=O) groups is 1. The number of hydrogen-bond acceptors (Lipinski definition) is 8. The zero-order valence-electron chi connectivity index (χ0n) is 19.3. The molecule has 0 saturated carbocycles. The number of anilines is 2. The number of likely N-dealkylation sites (N-methyl/N-ethyl adjacent to an activating group) is 1. The van der Waals surface area contributed by atoms with Crippen molar-refractivity contribution in [2.75, 3.05) is 70.2 Å². The summed E-state index contributed by atoms with van der Waals surface area (Å²) in [5.41, 5.74) is 1.37. The SMILES string of the molecule is COCCN(C)S(=O)(=O)c1ccc(NC(=O)CN2CCN(c3ncnc4[nH]ccc34)CC2)cc1. The average molecular weight is 488 g/mol. The molecule has 0 spiro atoms. The number of piperazine rings is 1. The minimum Gasteiger partial charge on any atom is -0.383 e. The molecule has 34 heavy (non-hydrogen) atoms. The summed E-state index contributed by atoms with van der Waals surface area (Å²) in [6, 6.07) is 8.17. The second-order valence-corrected chi connectivity index (χ2v) is 10.1. The zero-order chi connectivity index (χ0) is 24.1. The van der Waals surface area contributed by atoms with E-state index in [2.05, 4.69) is 30.1 Å². The maximum atomic E-state index is 12.6. The van der Waals surface area contributed by atoms with Gasteiger partial charge in [-0.25, -0.2) is 18.4 Å². The van der Waals surface area contributed by atoms with Crippen LogP contribution in [0.5, 0.6) is 0 Å². The molecule has 11 nitrogen and oxygen atoms in total. The number of nitrogens with zero attached hydrogens (tertiary/aromatic N) is 5. The molecule has 0 bridgehead atoms. The lowest BCUT2D eigenvalue weighted by molar-refractivity contribution is -0.117. The van der Waals surface area contributed by atoms with Crippen molar-refractivity contribution in [1.29, 1.82) is 0 Å². The van der Waals surface area contributed by atoms with Crippen LogP contribution in [-0.4, -0.2) is 98.5 Å². The quantitative estimate of drug-likeness (QED) is 0.458. The molecule has 1 fully saturated rings. The third-order valence-electron chi connectivity index (χ3n) is 5.83. The maximum absolute atomic E-state index is 12.6. The molecule has 2 N–H and O–H groups in total. The van der Waals surface area contributed by atoms with E-state index >= 15 is 0 Å². The topological polar surface area (TPSA) is 124 Å². The van der Waals surface area contributed by atoms with Crippen LogP contribution >= 0.6 is 0 Å². The van der Waals surface area contributed by atoms with Gasteiger partial charge in [0.05, 0.1) is 23.4 Å². The lowest BCUT2D eigenvalue weighted by Gasteiger charge is -2.35. The Labute approximate surface area is 198 Å². The van der Waals surface area contributed by atoms with Crippen molar-refractivity contribution < 1.29 is 17.9 Å². The molecule has 3 heterocycles. The minimum atomic E-state index is -3.60. The molecule has 1 saturated heterocycles. The maximum Gasteiger partial charge on any atom is 0.242 e. The van der Waals surface area contributed by atoms with Gasteiger partial charge in [-0.3, -0.25) is 9.69 Å². The van der Waals surface area contributed by atoms with Gasteiger partial charge in [-0.2, -0.15) is 4.31 Å². The van der Waals surface area contributed by atoms with Gasteiger partial charge < -0.3 is 19.9 Å². The molecule has 0 radical (unpaired) electrons. The van der Waals surface area contributed by atoms with Crippen molar-refractivity contribution in [2.45, 2.75) is 4.90 Å². The fourth-order valence-electron chi connectivity index (χ4n) is 3.86. The van der Waals surface area contributed by atoms with E-state index in [0.717, 1.165) is 43.0 Å². The Kier molecular flexibility index (Phi) is 7.41. The molecule has 12 heteroatoms. The van der Waals surface area contributed by atoms with E-state index in [1.807, 2.05) is 12.3 Å². The molecule has 182 valence electrons. The Morgan fingerprint density at radius 1 is 1.15 bits per heavy atom. The van der Waals surface area contributed by atoms with Crippen molar-refractivity contribution in [3.05, 3.63) is 42.9 Å². The summed E-state index contributed by atoms with van der Waals surface area (Å²) >= 11 is 0. The van der Waals surface area contributed by atoms with Crippen LogP contribution in [-0.2, 0) is 19.6 Å². The number of ether oxygens (including phenoxy) is 1.